The topological polar surface area (TPSA) is 102 Å². The maximum atomic E-state index is 12.9. The number of halogens is 3. The van der Waals surface area contributed by atoms with E-state index in [1.807, 2.05) is 0 Å². The highest BCUT2D eigenvalue weighted by Crippen LogP contribution is 2.34. The molecule has 0 aromatic rings. The number of carbonyl (C=O) groups is 2. The van der Waals surface area contributed by atoms with Gasteiger partial charge in [-0.25, -0.2) is 4.79 Å². The van der Waals surface area contributed by atoms with E-state index in [-0.39, 0.29) is 32.6 Å². The molecule has 0 aromatic heterocycles. The number of alkyl halides is 3. The molecule has 1 saturated heterocycles. The first-order valence-corrected chi connectivity index (χ1v) is 6.00. The molecule has 0 radical (unpaired) electrons. The van der Waals surface area contributed by atoms with E-state index in [0.717, 1.165) is 0 Å². The third-order valence-electron chi connectivity index (χ3n) is 3.68. The predicted molar refractivity (Wildman–Crippen MR) is 61.8 cm³/mol. The number of ether oxygens (including phenoxy) is 1. The zero-order chi connectivity index (χ0) is 15.6. The molecule has 4 N–H and O–H groups in total. The highest BCUT2D eigenvalue weighted by molar-refractivity contribution is 5.90. The van der Waals surface area contributed by atoms with Gasteiger partial charge < -0.3 is 20.9 Å². The van der Waals surface area contributed by atoms with Gasteiger partial charge in [-0.1, -0.05) is 0 Å². The number of amides is 1. The van der Waals surface area contributed by atoms with E-state index in [9.17, 15) is 22.8 Å². The molecule has 116 valence electrons. The van der Waals surface area contributed by atoms with Crippen molar-refractivity contribution in [1.82, 2.24) is 5.32 Å². The van der Waals surface area contributed by atoms with E-state index in [4.69, 9.17) is 15.6 Å². The first-order valence-electron chi connectivity index (χ1n) is 6.00. The van der Waals surface area contributed by atoms with Crippen LogP contribution in [0.5, 0.6) is 0 Å². The lowest BCUT2D eigenvalue weighted by molar-refractivity contribution is -0.208. The molecule has 1 rings (SSSR count). The fraction of sp³-hybridized carbons (Fsp3) is 0.818. The first-order chi connectivity index (χ1) is 9.09. The van der Waals surface area contributed by atoms with Crippen LogP contribution in [0.2, 0.25) is 0 Å². The predicted octanol–water partition coefficient (Wildman–Crippen LogP) is 0.264. The van der Waals surface area contributed by atoms with Crippen molar-refractivity contribution >= 4 is 11.9 Å². The fourth-order valence-corrected chi connectivity index (χ4v) is 1.89. The minimum Gasteiger partial charge on any atom is -0.479 e. The normalized spacial score (nSPS) is 21.9. The summed E-state index contributed by atoms with van der Waals surface area (Å²) in [5.41, 5.74) is 0.933. The molecule has 1 amide bonds. The molecular weight excluding hydrogens is 281 g/mol. The molecular formula is C11H17F3N2O4. The monoisotopic (exact) mass is 298 g/mol. The second kappa shape index (κ2) is 5.57. The summed E-state index contributed by atoms with van der Waals surface area (Å²) >= 11 is 0. The van der Waals surface area contributed by atoms with E-state index in [0.29, 0.717) is 6.92 Å². The molecule has 0 aromatic carbocycles. The molecule has 20 heavy (non-hydrogen) atoms. The van der Waals surface area contributed by atoms with Gasteiger partial charge >= 0.3 is 12.1 Å². The summed E-state index contributed by atoms with van der Waals surface area (Å²) in [6, 6.07) is 0. The van der Waals surface area contributed by atoms with Crippen molar-refractivity contribution in [3.05, 3.63) is 0 Å². The van der Waals surface area contributed by atoms with Crippen molar-refractivity contribution in [1.29, 1.82) is 0 Å². The number of carbonyl (C=O) groups excluding carboxylic acids is 1. The second-order valence-corrected chi connectivity index (χ2v) is 4.98. The number of hydrogen-bond donors (Lipinski definition) is 3. The molecule has 1 atom stereocenters. The van der Waals surface area contributed by atoms with Gasteiger partial charge in [-0.05, 0) is 19.8 Å². The molecule has 0 bridgehead atoms. The van der Waals surface area contributed by atoms with E-state index < -0.39 is 29.0 Å². The third kappa shape index (κ3) is 2.88. The van der Waals surface area contributed by atoms with Gasteiger partial charge in [-0.15, -0.1) is 0 Å². The Morgan fingerprint density at radius 3 is 2.20 bits per heavy atom. The molecule has 1 heterocycles. The SMILES string of the molecule is CC(NC(=O)C1(CN)CCOCC1)(C(=O)O)C(F)(F)F. The highest BCUT2D eigenvalue weighted by atomic mass is 19.4. The smallest absolute Gasteiger partial charge is 0.422 e. The number of aliphatic carboxylic acids is 1. The Balaban J connectivity index is 2.99. The van der Waals surface area contributed by atoms with Crippen LogP contribution in [-0.2, 0) is 14.3 Å². The van der Waals surface area contributed by atoms with Crippen LogP contribution in [0.4, 0.5) is 13.2 Å². The van der Waals surface area contributed by atoms with Crippen LogP contribution in [0.3, 0.4) is 0 Å². The van der Waals surface area contributed by atoms with E-state index in [2.05, 4.69) is 0 Å². The lowest BCUT2D eigenvalue weighted by atomic mass is 9.78. The molecule has 9 heteroatoms. The first kappa shape index (κ1) is 16.7. The Bertz CT molecular complexity index is 394. The summed E-state index contributed by atoms with van der Waals surface area (Å²) in [7, 11) is 0. The van der Waals surface area contributed by atoms with E-state index >= 15 is 0 Å². The van der Waals surface area contributed by atoms with Crippen LogP contribution < -0.4 is 11.1 Å². The van der Waals surface area contributed by atoms with Gasteiger partial charge in [0.2, 0.25) is 11.4 Å². The van der Waals surface area contributed by atoms with Crippen LogP contribution in [0.1, 0.15) is 19.8 Å². The molecule has 6 nitrogen and oxygen atoms in total. The van der Waals surface area contributed by atoms with E-state index in [1.54, 1.807) is 5.32 Å². The minimum absolute atomic E-state index is 0.156. The number of hydrogen-bond acceptors (Lipinski definition) is 4. The summed E-state index contributed by atoms with van der Waals surface area (Å²) < 4.78 is 43.6. The van der Waals surface area contributed by atoms with Gasteiger partial charge in [0.05, 0.1) is 5.41 Å². The van der Waals surface area contributed by atoms with Crippen molar-refractivity contribution in [3.8, 4) is 0 Å². The van der Waals surface area contributed by atoms with Crippen molar-refractivity contribution < 1.29 is 32.6 Å². The van der Waals surface area contributed by atoms with E-state index in [1.165, 1.54) is 0 Å². The number of carboxylic acids is 1. The summed E-state index contributed by atoms with van der Waals surface area (Å²) in [6.07, 6.45) is -4.80. The van der Waals surface area contributed by atoms with Crippen LogP contribution in [0.15, 0.2) is 0 Å². The molecule has 0 aliphatic carbocycles. The number of nitrogens with two attached hydrogens (primary N) is 1. The summed E-state index contributed by atoms with van der Waals surface area (Å²) in [5.74, 6) is -3.18. The lowest BCUT2D eigenvalue weighted by Crippen LogP contribution is -2.65. The molecule has 0 saturated carbocycles. The lowest BCUT2D eigenvalue weighted by Gasteiger charge is -2.38. The average Bonchev–Trinajstić information content (AvgIpc) is 2.37. The molecule has 0 spiro atoms. The van der Waals surface area contributed by atoms with Gasteiger partial charge in [-0.3, -0.25) is 4.79 Å². The molecule has 1 aliphatic rings. The van der Waals surface area contributed by atoms with Gasteiger partial charge in [0.15, 0.2) is 0 Å². The highest BCUT2D eigenvalue weighted by Gasteiger charge is 2.59. The Morgan fingerprint density at radius 1 is 1.35 bits per heavy atom. The maximum Gasteiger partial charge on any atom is 0.422 e. The van der Waals surface area contributed by atoms with Crippen LogP contribution >= 0.6 is 0 Å². The Hall–Kier alpha value is -1.35. The molecule has 1 aliphatic heterocycles. The Labute approximate surface area is 113 Å². The second-order valence-electron chi connectivity index (χ2n) is 4.98. The van der Waals surface area contributed by atoms with Gasteiger partial charge in [-0.2, -0.15) is 13.2 Å². The average molecular weight is 298 g/mol. The number of carboxylic acid groups (broad SMARTS) is 1. The fourth-order valence-electron chi connectivity index (χ4n) is 1.89. The zero-order valence-electron chi connectivity index (χ0n) is 10.9. The molecule has 1 fully saturated rings. The summed E-state index contributed by atoms with van der Waals surface area (Å²) in [4.78, 5) is 23.0. The third-order valence-corrected chi connectivity index (χ3v) is 3.68. The molecule has 1 unspecified atom stereocenters. The standard InChI is InChI=1S/C11H17F3N2O4/c1-9(8(18)19,11(12,13)14)16-7(17)10(6-15)2-4-20-5-3-10/h2-6,15H2,1H3,(H,16,17)(H,18,19). The van der Waals surface area contributed by atoms with Gasteiger partial charge in [0.25, 0.3) is 0 Å². The largest absolute Gasteiger partial charge is 0.479 e. The van der Waals surface area contributed by atoms with Crippen LogP contribution in [-0.4, -0.2) is 48.5 Å². The minimum atomic E-state index is -5.12. The van der Waals surface area contributed by atoms with Crippen molar-refractivity contribution in [3.63, 3.8) is 0 Å². The Morgan fingerprint density at radius 2 is 1.85 bits per heavy atom. The van der Waals surface area contributed by atoms with Crippen LogP contribution in [0.25, 0.3) is 0 Å². The van der Waals surface area contributed by atoms with Crippen LogP contribution in [0, 0.1) is 5.41 Å². The number of nitrogens with one attached hydrogen (secondary N) is 1. The van der Waals surface area contributed by atoms with Crippen molar-refractivity contribution in [2.75, 3.05) is 19.8 Å². The zero-order valence-corrected chi connectivity index (χ0v) is 10.9. The van der Waals surface area contributed by atoms with Crippen molar-refractivity contribution in [2.24, 2.45) is 11.1 Å². The quantitative estimate of drug-likeness (QED) is 0.691. The summed E-state index contributed by atoms with van der Waals surface area (Å²) in [6.45, 7) is 0.632. The maximum absolute atomic E-state index is 12.9. The summed E-state index contributed by atoms with van der Waals surface area (Å²) in [5, 5.41) is 10.4. The Kier molecular flexibility index (Phi) is 4.65. The van der Waals surface area contributed by atoms with Gasteiger partial charge in [0, 0.05) is 19.8 Å². The number of rotatable bonds is 4. The van der Waals surface area contributed by atoms with Crippen molar-refractivity contribution in [2.45, 2.75) is 31.5 Å². The van der Waals surface area contributed by atoms with Gasteiger partial charge in [0.1, 0.15) is 0 Å².